The molecule has 0 aliphatic carbocycles. The van der Waals surface area contributed by atoms with Crippen LogP contribution in [0, 0.1) is 6.92 Å². The molecule has 0 radical (unpaired) electrons. The lowest BCUT2D eigenvalue weighted by molar-refractivity contribution is 0.324. The fraction of sp³-hybridized carbons (Fsp3) is 0.312. The standard InChI is InChI=1S/C16H18ClNO3/c1-10-5-6-18-12(7-10)15(17)11-8-13(19-2)16(21-4)14(9-11)20-3/h5-9,15H,1-4H3. The minimum atomic E-state index is -0.390. The fourth-order valence-electron chi connectivity index (χ4n) is 2.12. The third-order valence-corrected chi connectivity index (χ3v) is 3.65. The van der Waals surface area contributed by atoms with Gasteiger partial charge < -0.3 is 14.2 Å². The lowest BCUT2D eigenvalue weighted by Crippen LogP contribution is -2.01. The number of ether oxygens (including phenoxy) is 3. The fourth-order valence-corrected chi connectivity index (χ4v) is 2.36. The van der Waals surface area contributed by atoms with Gasteiger partial charge in [0.05, 0.1) is 27.0 Å². The molecule has 1 aromatic carbocycles. The van der Waals surface area contributed by atoms with Crippen LogP contribution in [0.2, 0.25) is 0 Å². The van der Waals surface area contributed by atoms with E-state index in [0.29, 0.717) is 17.2 Å². The number of benzene rings is 1. The molecule has 0 amide bonds. The predicted octanol–water partition coefficient (Wildman–Crippen LogP) is 3.74. The highest BCUT2D eigenvalue weighted by Gasteiger charge is 2.19. The van der Waals surface area contributed by atoms with Gasteiger partial charge in [-0.3, -0.25) is 4.98 Å². The number of rotatable bonds is 5. The molecule has 1 aromatic heterocycles. The van der Waals surface area contributed by atoms with E-state index in [9.17, 15) is 0 Å². The quantitative estimate of drug-likeness (QED) is 0.789. The van der Waals surface area contributed by atoms with Crippen LogP contribution in [0.1, 0.15) is 22.2 Å². The van der Waals surface area contributed by atoms with Crippen LogP contribution >= 0.6 is 11.6 Å². The van der Waals surface area contributed by atoms with Gasteiger partial charge in [-0.15, -0.1) is 11.6 Å². The molecular weight excluding hydrogens is 290 g/mol. The van der Waals surface area contributed by atoms with E-state index < -0.39 is 5.38 Å². The smallest absolute Gasteiger partial charge is 0.203 e. The predicted molar refractivity (Wildman–Crippen MR) is 82.8 cm³/mol. The molecule has 5 heteroatoms. The molecule has 4 nitrogen and oxygen atoms in total. The SMILES string of the molecule is COc1cc(C(Cl)c2cc(C)ccn2)cc(OC)c1OC. The van der Waals surface area contributed by atoms with E-state index in [1.165, 1.54) is 0 Å². The van der Waals surface area contributed by atoms with Crippen molar-refractivity contribution >= 4 is 11.6 Å². The van der Waals surface area contributed by atoms with Gasteiger partial charge in [0.25, 0.3) is 0 Å². The molecule has 1 heterocycles. The van der Waals surface area contributed by atoms with Crippen molar-refractivity contribution in [2.45, 2.75) is 12.3 Å². The average Bonchev–Trinajstić information content (AvgIpc) is 2.52. The zero-order valence-corrected chi connectivity index (χ0v) is 13.3. The Bertz CT molecular complexity index is 606. The van der Waals surface area contributed by atoms with Gasteiger partial charge in [-0.1, -0.05) is 0 Å². The highest BCUT2D eigenvalue weighted by atomic mass is 35.5. The van der Waals surface area contributed by atoms with Gasteiger partial charge in [0.1, 0.15) is 5.38 Å². The molecule has 1 unspecified atom stereocenters. The van der Waals surface area contributed by atoms with E-state index in [1.54, 1.807) is 27.5 Å². The Balaban J connectivity index is 2.48. The molecular formula is C16H18ClNO3. The summed E-state index contributed by atoms with van der Waals surface area (Å²) in [4.78, 5) is 4.32. The summed E-state index contributed by atoms with van der Waals surface area (Å²) in [6.07, 6.45) is 1.75. The van der Waals surface area contributed by atoms with Crippen LogP contribution in [0.4, 0.5) is 0 Å². The van der Waals surface area contributed by atoms with E-state index in [1.807, 2.05) is 31.2 Å². The summed E-state index contributed by atoms with van der Waals surface area (Å²) in [5, 5.41) is -0.390. The Kier molecular flexibility index (Phi) is 4.91. The molecule has 0 aliphatic heterocycles. The van der Waals surface area contributed by atoms with Crippen molar-refractivity contribution in [1.82, 2.24) is 4.98 Å². The van der Waals surface area contributed by atoms with E-state index in [4.69, 9.17) is 25.8 Å². The van der Waals surface area contributed by atoms with Gasteiger partial charge in [0.2, 0.25) is 5.75 Å². The summed E-state index contributed by atoms with van der Waals surface area (Å²) >= 11 is 6.54. The van der Waals surface area contributed by atoms with Crippen molar-refractivity contribution in [3.63, 3.8) is 0 Å². The van der Waals surface area contributed by atoms with Crippen LogP contribution in [-0.2, 0) is 0 Å². The number of alkyl halides is 1. The van der Waals surface area contributed by atoms with Crippen LogP contribution in [0.25, 0.3) is 0 Å². The van der Waals surface area contributed by atoms with Gasteiger partial charge in [-0.25, -0.2) is 0 Å². The maximum absolute atomic E-state index is 6.54. The molecule has 2 aromatic rings. The Morgan fingerprint density at radius 2 is 1.62 bits per heavy atom. The minimum Gasteiger partial charge on any atom is -0.493 e. The number of hydrogen-bond donors (Lipinski definition) is 0. The van der Waals surface area contributed by atoms with Crippen molar-refractivity contribution in [3.05, 3.63) is 47.3 Å². The van der Waals surface area contributed by atoms with E-state index >= 15 is 0 Å². The number of halogens is 1. The molecule has 0 N–H and O–H groups in total. The van der Waals surface area contributed by atoms with Crippen LogP contribution in [-0.4, -0.2) is 26.3 Å². The molecule has 112 valence electrons. The topological polar surface area (TPSA) is 40.6 Å². The van der Waals surface area contributed by atoms with Gasteiger partial charge >= 0.3 is 0 Å². The third-order valence-electron chi connectivity index (χ3n) is 3.18. The highest BCUT2D eigenvalue weighted by Crippen LogP contribution is 2.42. The zero-order chi connectivity index (χ0) is 15.4. The van der Waals surface area contributed by atoms with Gasteiger partial charge in [-0.2, -0.15) is 0 Å². The molecule has 0 saturated carbocycles. The summed E-state index contributed by atoms with van der Waals surface area (Å²) in [6.45, 7) is 2.00. The molecule has 0 bridgehead atoms. The first-order valence-electron chi connectivity index (χ1n) is 6.47. The van der Waals surface area contributed by atoms with E-state index in [-0.39, 0.29) is 0 Å². The molecule has 0 saturated heterocycles. The minimum absolute atomic E-state index is 0.390. The average molecular weight is 308 g/mol. The first kappa shape index (κ1) is 15.4. The zero-order valence-electron chi connectivity index (χ0n) is 12.5. The third kappa shape index (κ3) is 3.22. The number of nitrogens with zero attached hydrogens (tertiary/aromatic N) is 1. The van der Waals surface area contributed by atoms with Crippen molar-refractivity contribution < 1.29 is 14.2 Å². The van der Waals surface area contributed by atoms with Crippen LogP contribution < -0.4 is 14.2 Å². The molecule has 0 aliphatic rings. The highest BCUT2D eigenvalue weighted by molar-refractivity contribution is 6.22. The second-order valence-corrected chi connectivity index (χ2v) is 5.02. The number of aryl methyl sites for hydroxylation is 1. The Morgan fingerprint density at radius 3 is 2.10 bits per heavy atom. The molecule has 1 atom stereocenters. The molecule has 2 rings (SSSR count). The molecule has 0 fully saturated rings. The summed E-state index contributed by atoms with van der Waals surface area (Å²) in [5.41, 5.74) is 2.73. The van der Waals surface area contributed by atoms with E-state index in [2.05, 4.69) is 4.98 Å². The monoisotopic (exact) mass is 307 g/mol. The summed E-state index contributed by atoms with van der Waals surface area (Å²) in [7, 11) is 4.73. The van der Waals surface area contributed by atoms with Gasteiger partial charge in [0.15, 0.2) is 11.5 Å². The Morgan fingerprint density at radius 1 is 1.00 bits per heavy atom. The van der Waals surface area contributed by atoms with Crippen molar-refractivity contribution in [3.8, 4) is 17.2 Å². The molecule has 0 spiro atoms. The van der Waals surface area contributed by atoms with Crippen LogP contribution in [0.15, 0.2) is 30.5 Å². The summed E-state index contributed by atoms with van der Waals surface area (Å²) in [5.74, 6) is 1.69. The first-order valence-corrected chi connectivity index (χ1v) is 6.90. The van der Waals surface area contributed by atoms with Gasteiger partial charge in [0, 0.05) is 6.20 Å². The maximum atomic E-state index is 6.54. The number of methoxy groups -OCH3 is 3. The second-order valence-electron chi connectivity index (χ2n) is 4.58. The number of hydrogen-bond acceptors (Lipinski definition) is 4. The summed E-state index contributed by atoms with van der Waals surface area (Å²) in [6, 6.07) is 7.56. The lowest BCUT2D eigenvalue weighted by Gasteiger charge is -2.16. The lowest BCUT2D eigenvalue weighted by atomic mass is 10.1. The normalized spacial score (nSPS) is 11.9. The number of pyridine rings is 1. The summed E-state index contributed by atoms with van der Waals surface area (Å²) < 4.78 is 16.0. The second kappa shape index (κ2) is 6.68. The van der Waals surface area contributed by atoms with Crippen molar-refractivity contribution in [1.29, 1.82) is 0 Å². The van der Waals surface area contributed by atoms with Crippen LogP contribution in [0.5, 0.6) is 17.2 Å². The van der Waals surface area contributed by atoms with Crippen LogP contribution in [0.3, 0.4) is 0 Å². The number of aromatic nitrogens is 1. The van der Waals surface area contributed by atoms with E-state index in [0.717, 1.165) is 16.8 Å². The first-order chi connectivity index (χ1) is 10.1. The van der Waals surface area contributed by atoms with Gasteiger partial charge in [-0.05, 0) is 42.3 Å². The van der Waals surface area contributed by atoms with Crippen molar-refractivity contribution in [2.24, 2.45) is 0 Å². The molecule has 21 heavy (non-hydrogen) atoms. The Hall–Kier alpha value is -1.94. The largest absolute Gasteiger partial charge is 0.493 e. The Labute approximate surface area is 129 Å². The maximum Gasteiger partial charge on any atom is 0.203 e. The van der Waals surface area contributed by atoms with Crippen molar-refractivity contribution in [2.75, 3.05) is 21.3 Å².